The van der Waals surface area contributed by atoms with Crippen molar-refractivity contribution in [2.45, 2.75) is 11.8 Å². The van der Waals surface area contributed by atoms with Gasteiger partial charge in [-0.2, -0.15) is 50.1 Å². The van der Waals surface area contributed by atoms with Crippen LogP contribution in [-0.4, -0.2) is 0 Å². The number of hydrogen-bond donors (Lipinski definition) is 0. The molecule has 0 amide bonds. The van der Waals surface area contributed by atoms with E-state index in [9.17, 15) is 0 Å². The SMILES string of the molecule is CC(Br)c1[c-]cccc1.P.P.[Cu+]. The molecular formula is C8H14BrCuP2. The first kappa shape index (κ1) is 18.8. The molecular weight excluding hydrogens is 301 g/mol. The van der Waals surface area contributed by atoms with Gasteiger partial charge in [0.05, 0.1) is 0 Å². The molecule has 1 aromatic carbocycles. The average Bonchev–Trinajstić information content (AvgIpc) is 1.90. The Labute approximate surface area is 100 Å². The molecule has 1 aromatic rings. The second-order valence-electron chi connectivity index (χ2n) is 1.93. The predicted octanol–water partition coefficient (Wildman–Crippen LogP) is 3.06. The minimum atomic E-state index is 0. The maximum atomic E-state index is 3.45. The molecule has 0 fully saturated rings. The topological polar surface area (TPSA) is 0 Å². The van der Waals surface area contributed by atoms with Crippen LogP contribution in [0.15, 0.2) is 24.3 Å². The van der Waals surface area contributed by atoms with Crippen LogP contribution in [0.5, 0.6) is 0 Å². The Kier molecular flexibility index (Phi) is 15.9. The van der Waals surface area contributed by atoms with Crippen LogP contribution in [-0.2, 0) is 17.1 Å². The van der Waals surface area contributed by atoms with Crippen molar-refractivity contribution in [3.05, 3.63) is 35.9 Å². The summed E-state index contributed by atoms with van der Waals surface area (Å²) >= 11 is 3.45. The summed E-state index contributed by atoms with van der Waals surface area (Å²) in [6, 6.07) is 11.1. The Morgan fingerprint density at radius 1 is 1.33 bits per heavy atom. The molecule has 3 unspecified atom stereocenters. The molecule has 74 valence electrons. The molecule has 0 radical (unpaired) electrons. The zero-order valence-electron chi connectivity index (χ0n) is 6.98. The van der Waals surface area contributed by atoms with Crippen LogP contribution in [0.25, 0.3) is 0 Å². The van der Waals surface area contributed by atoms with Crippen molar-refractivity contribution in [2.75, 3.05) is 0 Å². The van der Waals surface area contributed by atoms with E-state index in [2.05, 4.69) is 35.0 Å². The smallest absolute Gasteiger partial charge is 0.179 e. The van der Waals surface area contributed by atoms with Crippen LogP contribution in [0.3, 0.4) is 0 Å². The van der Waals surface area contributed by atoms with Crippen molar-refractivity contribution >= 4 is 35.7 Å². The fraction of sp³-hybridized carbons (Fsp3) is 0.250. The second-order valence-corrected chi connectivity index (χ2v) is 3.31. The molecule has 0 saturated heterocycles. The summed E-state index contributed by atoms with van der Waals surface area (Å²) in [6.07, 6.45) is 0. The van der Waals surface area contributed by atoms with Crippen molar-refractivity contribution in [1.82, 2.24) is 0 Å². The van der Waals surface area contributed by atoms with E-state index in [0.29, 0.717) is 4.83 Å². The number of hydrogen-bond acceptors (Lipinski definition) is 0. The molecule has 0 nitrogen and oxygen atoms in total. The summed E-state index contributed by atoms with van der Waals surface area (Å²) in [5.74, 6) is 0. The van der Waals surface area contributed by atoms with Crippen LogP contribution in [0.2, 0.25) is 0 Å². The van der Waals surface area contributed by atoms with Gasteiger partial charge in [-0.05, 0) is 0 Å². The van der Waals surface area contributed by atoms with Gasteiger partial charge in [-0.25, -0.2) is 0 Å². The second kappa shape index (κ2) is 10.2. The molecule has 0 aliphatic rings. The number of rotatable bonds is 1. The molecule has 0 aliphatic heterocycles. The van der Waals surface area contributed by atoms with E-state index in [0.717, 1.165) is 0 Å². The summed E-state index contributed by atoms with van der Waals surface area (Å²) in [5, 5.41) is 0. The minimum absolute atomic E-state index is 0. The van der Waals surface area contributed by atoms with Gasteiger partial charge in [-0.3, -0.25) is 0 Å². The molecule has 0 N–H and O–H groups in total. The summed E-state index contributed by atoms with van der Waals surface area (Å²) < 4.78 is 0. The van der Waals surface area contributed by atoms with E-state index in [-0.39, 0.29) is 36.9 Å². The van der Waals surface area contributed by atoms with Crippen LogP contribution in [0, 0.1) is 6.07 Å². The fourth-order valence-electron chi connectivity index (χ4n) is 0.655. The van der Waals surface area contributed by atoms with Crippen LogP contribution in [0.1, 0.15) is 17.3 Å². The van der Waals surface area contributed by atoms with Gasteiger partial charge >= 0.3 is 17.1 Å². The minimum Gasteiger partial charge on any atom is -0.179 e. The fourth-order valence-corrected chi connectivity index (χ4v) is 0.939. The molecule has 0 heterocycles. The Hall–Kier alpha value is 1.08. The first-order valence-electron chi connectivity index (χ1n) is 2.91. The van der Waals surface area contributed by atoms with Crippen molar-refractivity contribution in [2.24, 2.45) is 0 Å². The van der Waals surface area contributed by atoms with Crippen molar-refractivity contribution in [1.29, 1.82) is 0 Å². The molecule has 12 heavy (non-hydrogen) atoms. The molecule has 1 rings (SSSR count). The Morgan fingerprint density at radius 3 is 2.17 bits per heavy atom. The average molecular weight is 316 g/mol. The van der Waals surface area contributed by atoms with E-state index in [4.69, 9.17) is 0 Å². The van der Waals surface area contributed by atoms with Gasteiger partial charge in [0.15, 0.2) is 0 Å². The van der Waals surface area contributed by atoms with Crippen molar-refractivity contribution < 1.29 is 17.1 Å². The summed E-state index contributed by atoms with van der Waals surface area (Å²) in [6.45, 7) is 2.09. The maximum absolute atomic E-state index is 3.45. The van der Waals surface area contributed by atoms with E-state index in [1.165, 1.54) is 5.56 Å². The zero-order chi connectivity index (χ0) is 6.69. The van der Waals surface area contributed by atoms with E-state index in [1.807, 2.05) is 18.2 Å². The Bertz CT molecular complexity index is 180. The van der Waals surface area contributed by atoms with E-state index >= 15 is 0 Å². The molecule has 0 aromatic heterocycles. The summed E-state index contributed by atoms with van der Waals surface area (Å²) in [4.78, 5) is 0.415. The van der Waals surface area contributed by atoms with Crippen LogP contribution >= 0.6 is 35.7 Å². The van der Waals surface area contributed by atoms with E-state index < -0.39 is 0 Å². The van der Waals surface area contributed by atoms with Crippen molar-refractivity contribution in [3.63, 3.8) is 0 Å². The standard InChI is InChI=1S/C8H8Br.Cu.2H3P/c1-7(9)8-5-3-2-4-6-8;;;/h2-5,7H,1H3;;2*1H3/q-1;+1;;. The van der Waals surface area contributed by atoms with Gasteiger partial charge in [-0.15, -0.1) is 5.56 Å². The Morgan fingerprint density at radius 2 is 1.92 bits per heavy atom. The molecule has 0 bridgehead atoms. The molecule has 0 spiro atoms. The van der Waals surface area contributed by atoms with Gasteiger partial charge < -0.3 is 0 Å². The molecule has 0 saturated carbocycles. The van der Waals surface area contributed by atoms with Gasteiger partial charge in [0.2, 0.25) is 0 Å². The van der Waals surface area contributed by atoms with Crippen LogP contribution < -0.4 is 0 Å². The first-order chi connectivity index (χ1) is 4.30. The molecule has 4 heteroatoms. The largest absolute Gasteiger partial charge is 1.00 e. The van der Waals surface area contributed by atoms with Gasteiger partial charge in [0, 0.05) is 4.83 Å². The monoisotopic (exact) mass is 314 g/mol. The predicted molar refractivity (Wildman–Crippen MR) is 64.8 cm³/mol. The molecule has 0 aliphatic carbocycles. The van der Waals surface area contributed by atoms with E-state index in [1.54, 1.807) is 0 Å². The summed E-state index contributed by atoms with van der Waals surface area (Å²) in [7, 11) is 0. The van der Waals surface area contributed by atoms with Gasteiger partial charge in [0.1, 0.15) is 0 Å². The maximum Gasteiger partial charge on any atom is 1.00 e. The quantitative estimate of drug-likeness (QED) is 0.323. The third-order valence-corrected chi connectivity index (χ3v) is 1.65. The third-order valence-electron chi connectivity index (χ3n) is 1.16. The first-order valence-corrected chi connectivity index (χ1v) is 3.83. The van der Waals surface area contributed by atoms with Crippen LogP contribution in [0.4, 0.5) is 0 Å². The number of alkyl halides is 1. The normalized spacial score (nSPS) is 9.83. The van der Waals surface area contributed by atoms with Gasteiger partial charge in [-0.1, -0.05) is 22.9 Å². The Balaban J connectivity index is -0.000000270. The number of halogens is 1. The number of benzene rings is 1. The zero-order valence-corrected chi connectivity index (χ0v) is 12.3. The van der Waals surface area contributed by atoms with Gasteiger partial charge in [0.25, 0.3) is 0 Å². The third kappa shape index (κ3) is 6.58. The summed E-state index contributed by atoms with van der Waals surface area (Å²) in [5.41, 5.74) is 1.21. The van der Waals surface area contributed by atoms with Crippen molar-refractivity contribution in [3.8, 4) is 0 Å². The molecule has 3 atom stereocenters.